The minimum Gasteiger partial charge on any atom is -0.473 e. The first-order valence-corrected chi connectivity index (χ1v) is 8.38. The lowest BCUT2D eigenvalue weighted by Crippen LogP contribution is -2.14. The van der Waals surface area contributed by atoms with Crippen LogP contribution in [0.3, 0.4) is 0 Å². The van der Waals surface area contributed by atoms with Gasteiger partial charge in [0.25, 0.3) is 5.88 Å². The molecule has 0 aliphatic rings. The second-order valence-electron chi connectivity index (χ2n) is 4.47. The van der Waals surface area contributed by atoms with E-state index in [4.69, 9.17) is 16.3 Å². The number of rotatable bonds is 6. The zero-order valence-electron chi connectivity index (χ0n) is 12.2. The predicted octanol–water partition coefficient (Wildman–Crippen LogP) is 2.41. The van der Waals surface area contributed by atoms with Crippen molar-refractivity contribution in [3.05, 3.63) is 39.6 Å². The van der Waals surface area contributed by atoms with E-state index >= 15 is 0 Å². The van der Waals surface area contributed by atoms with Crippen molar-refractivity contribution in [3.63, 3.8) is 0 Å². The van der Waals surface area contributed by atoms with Crippen LogP contribution in [0, 0.1) is 5.82 Å². The average Bonchev–Trinajstić information content (AvgIpc) is 3.17. The van der Waals surface area contributed by atoms with Gasteiger partial charge in [0.1, 0.15) is 5.82 Å². The van der Waals surface area contributed by atoms with Crippen LogP contribution in [0.4, 0.5) is 4.39 Å². The zero-order valence-corrected chi connectivity index (χ0v) is 13.8. The number of benzene rings is 1. The molecule has 11 heteroatoms. The second-order valence-corrected chi connectivity index (χ2v) is 5.86. The molecule has 2 aromatic heterocycles. The van der Waals surface area contributed by atoms with Crippen LogP contribution < -0.4 is 10.5 Å². The van der Waals surface area contributed by atoms with Crippen molar-refractivity contribution < 1.29 is 18.3 Å². The van der Waals surface area contributed by atoms with E-state index in [0.29, 0.717) is 6.61 Å². The number of thioether (sulfide) groups is 1. The van der Waals surface area contributed by atoms with Gasteiger partial charge in [0.15, 0.2) is 0 Å². The summed E-state index contributed by atoms with van der Waals surface area (Å²) < 4.78 is 29.2. The third kappa shape index (κ3) is 3.15. The second kappa shape index (κ2) is 7.05. The van der Waals surface area contributed by atoms with Crippen LogP contribution in [0.5, 0.6) is 5.88 Å². The predicted molar refractivity (Wildman–Crippen MR) is 84.2 cm³/mol. The molecule has 0 atom stereocenters. The molecular formula is C13H10ClFN4O4S. The highest BCUT2D eigenvalue weighted by molar-refractivity contribution is 7.98. The van der Waals surface area contributed by atoms with Gasteiger partial charge in [-0.15, -0.1) is 0 Å². The quantitative estimate of drug-likeness (QED) is 0.608. The standard InChI is InChI=1S/C13H10ClFN4O4S/c1-24-5-4-21-12-10(16-23-18-12)11-17-22-13(20)19(11)7-2-3-9(15)8(14)6-7/h2-3,6H,4-5H2,1H3. The highest BCUT2D eigenvalue weighted by Gasteiger charge is 2.24. The summed E-state index contributed by atoms with van der Waals surface area (Å²) in [5, 5.41) is 10.9. The van der Waals surface area contributed by atoms with Crippen LogP contribution in [0.1, 0.15) is 0 Å². The third-order valence-electron chi connectivity index (χ3n) is 2.96. The Morgan fingerprint density at radius 3 is 2.96 bits per heavy atom. The molecule has 0 saturated heterocycles. The largest absolute Gasteiger partial charge is 0.473 e. The lowest BCUT2D eigenvalue weighted by Gasteiger charge is -2.05. The Labute approximate surface area is 143 Å². The van der Waals surface area contributed by atoms with Gasteiger partial charge in [0, 0.05) is 5.75 Å². The molecule has 3 aromatic rings. The monoisotopic (exact) mass is 372 g/mol. The van der Waals surface area contributed by atoms with Gasteiger partial charge in [-0.1, -0.05) is 16.8 Å². The summed E-state index contributed by atoms with van der Waals surface area (Å²) in [6.45, 7) is 0.368. The van der Waals surface area contributed by atoms with Crippen molar-refractivity contribution >= 4 is 23.4 Å². The number of hydrogen-bond donors (Lipinski definition) is 0. The Hall–Kier alpha value is -2.33. The molecular weight excluding hydrogens is 363 g/mol. The Balaban J connectivity index is 2.04. The molecule has 0 unspecified atom stereocenters. The molecule has 126 valence electrons. The molecule has 0 amide bonds. The molecule has 0 radical (unpaired) electrons. The molecule has 3 rings (SSSR count). The summed E-state index contributed by atoms with van der Waals surface area (Å²) in [6.07, 6.45) is 1.93. The fraction of sp³-hybridized carbons (Fsp3) is 0.231. The van der Waals surface area contributed by atoms with Crippen LogP contribution in [-0.4, -0.2) is 38.7 Å². The summed E-state index contributed by atoms with van der Waals surface area (Å²) in [7, 11) is 0. The molecule has 24 heavy (non-hydrogen) atoms. The van der Waals surface area contributed by atoms with Gasteiger partial charge in [0.05, 0.1) is 17.3 Å². The van der Waals surface area contributed by atoms with Crippen LogP contribution in [-0.2, 0) is 0 Å². The molecule has 0 fully saturated rings. The lowest BCUT2D eigenvalue weighted by molar-refractivity contribution is 0.265. The van der Waals surface area contributed by atoms with E-state index in [1.807, 2.05) is 6.26 Å². The molecule has 0 N–H and O–H groups in total. The van der Waals surface area contributed by atoms with E-state index in [-0.39, 0.29) is 28.1 Å². The van der Waals surface area contributed by atoms with E-state index in [0.717, 1.165) is 16.4 Å². The Morgan fingerprint density at radius 2 is 2.21 bits per heavy atom. The zero-order chi connectivity index (χ0) is 17.1. The molecule has 0 bridgehead atoms. The maximum atomic E-state index is 13.3. The number of halogens is 2. The summed E-state index contributed by atoms with van der Waals surface area (Å²) in [6, 6.07) is 3.74. The first-order chi connectivity index (χ1) is 11.6. The van der Waals surface area contributed by atoms with E-state index in [2.05, 4.69) is 24.6 Å². The Morgan fingerprint density at radius 1 is 1.38 bits per heavy atom. The first-order valence-electron chi connectivity index (χ1n) is 6.60. The van der Waals surface area contributed by atoms with Gasteiger partial charge in [-0.05, 0) is 34.8 Å². The molecule has 2 heterocycles. The van der Waals surface area contributed by atoms with Crippen LogP contribution in [0.25, 0.3) is 17.2 Å². The minimum atomic E-state index is -0.800. The SMILES string of the molecule is CSCCOc1nonc1-c1noc(=O)n1-c1ccc(F)c(Cl)c1. The van der Waals surface area contributed by atoms with Gasteiger partial charge in [-0.2, -0.15) is 11.8 Å². The average molecular weight is 373 g/mol. The Kier molecular flexibility index (Phi) is 4.86. The normalized spacial score (nSPS) is 11.0. The lowest BCUT2D eigenvalue weighted by atomic mass is 10.3. The molecule has 0 spiro atoms. The fourth-order valence-electron chi connectivity index (χ4n) is 1.88. The van der Waals surface area contributed by atoms with Crippen molar-refractivity contribution in [2.45, 2.75) is 0 Å². The fourth-order valence-corrected chi connectivity index (χ4v) is 2.31. The maximum Gasteiger partial charge on any atom is 0.446 e. The van der Waals surface area contributed by atoms with Crippen molar-refractivity contribution in [2.75, 3.05) is 18.6 Å². The van der Waals surface area contributed by atoms with Crippen LogP contribution >= 0.6 is 23.4 Å². The molecule has 1 aromatic carbocycles. The number of nitrogens with zero attached hydrogens (tertiary/aromatic N) is 4. The third-order valence-corrected chi connectivity index (χ3v) is 3.83. The highest BCUT2D eigenvalue weighted by atomic mass is 35.5. The minimum absolute atomic E-state index is 0.00285. The first kappa shape index (κ1) is 16.5. The van der Waals surface area contributed by atoms with Gasteiger partial charge in [-0.25, -0.2) is 18.4 Å². The Bertz CT molecular complexity index is 910. The van der Waals surface area contributed by atoms with Crippen molar-refractivity contribution in [2.24, 2.45) is 0 Å². The van der Waals surface area contributed by atoms with Gasteiger partial charge in [-0.3, -0.25) is 4.52 Å². The number of ether oxygens (including phenoxy) is 1. The molecule has 8 nitrogen and oxygen atoms in total. The number of aromatic nitrogens is 4. The highest BCUT2D eigenvalue weighted by Crippen LogP contribution is 2.27. The summed E-state index contributed by atoms with van der Waals surface area (Å²) >= 11 is 7.35. The summed E-state index contributed by atoms with van der Waals surface area (Å²) in [4.78, 5) is 12.0. The van der Waals surface area contributed by atoms with Crippen molar-refractivity contribution in [3.8, 4) is 23.1 Å². The topological polar surface area (TPSA) is 96.2 Å². The molecule has 0 aliphatic heterocycles. The van der Waals surface area contributed by atoms with Gasteiger partial charge < -0.3 is 4.74 Å². The van der Waals surface area contributed by atoms with Gasteiger partial charge in [0.2, 0.25) is 11.5 Å². The van der Waals surface area contributed by atoms with Crippen LogP contribution in [0.2, 0.25) is 5.02 Å². The smallest absolute Gasteiger partial charge is 0.446 e. The van der Waals surface area contributed by atoms with Crippen molar-refractivity contribution in [1.29, 1.82) is 0 Å². The van der Waals surface area contributed by atoms with E-state index in [1.54, 1.807) is 11.8 Å². The summed E-state index contributed by atoms with van der Waals surface area (Å²) in [5.41, 5.74) is 0.336. The molecule has 0 saturated carbocycles. The maximum absolute atomic E-state index is 13.3. The van der Waals surface area contributed by atoms with E-state index in [9.17, 15) is 9.18 Å². The van der Waals surface area contributed by atoms with E-state index < -0.39 is 11.6 Å². The van der Waals surface area contributed by atoms with Gasteiger partial charge >= 0.3 is 5.76 Å². The van der Waals surface area contributed by atoms with Crippen LogP contribution in [0.15, 0.2) is 32.1 Å². The van der Waals surface area contributed by atoms with Crippen molar-refractivity contribution in [1.82, 2.24) is 20.0 Å². The summed E-state index contributed by atoms with van der Waals surface area (Å²) in [5.74, 6) is -0.616. The van der Waals surface area contributed by atoms with E-state index in [1.165, 1.54) is 12.1 Å². The number of hydrogen-bond acceptors (Lipinski definition) is 8. The molecule has 0 aliphatic carbocycles.